The second-order valence-electron chi connectivity index (χ2n) is 8.85. The molecule has 1 N–H and O–H groups in total. The van der Waals surface area contributed by atoms with Crippen molar-refractivity contribution in [1.82, 2.24) is 9.80 Å². The molecule has 1 saturated heterocycles. The monoisotopic (exact) mass is 498 g/mol. The molecule has 1 aliphatic heterocycles. The molecule has 1 unspecified atom stereocenters. The third-order valence-corrected chi connectivity index (χ3v) is 7.92. The maximum Gasteiger partial charge on any atom is 0.303 e. The summed E-state index contributed by atoms with van der Waals surface area (Å²) in [6.07, 6.45) is 0.859. The van der Waals surface area contributed by atoms with Crippen molar-refractivity contribution in [3.8, 4) is 0 Å². The van der Waals surface area contributed by atoms with E-state index in [0.29, 0.717) is 30.0 Å². The molecule has 6 nitrogen and oxygen atoms in total. The Labute approximate surface area is 207 Å². The van der Waals surface area contributed by atoms with Gasteiger partial charge in [0.1, 0.15) is 5.54 Å². The maximum atomic E-state index is 13.9. The summed E-state index contributed by atoms with van der Waals surface area (Å²) in [6, 6.07) is 14.7. The number of thiophene rings is 1. The van der Waals surface area contributed by atoms with Crippen LogP contribution in [-0.2, 0) is 9.59 Å². The maximum absolute atomic E-state index is 13.9. The van der Waals surface area contributed by atoms with Gasteiger partial charge in [-0.1, -0.05) is 41.9 Å². The number of hydrogen-bond acceptors (Lipinski definition) is 4. The van der Waals surface area contributed by atoms with Gasteiger partial charge in [0.2, 0.25) is 5.91 Å². The van der Waals surface area contributed by atoms with E-state index in [4.69, 9.17) is 16.7 Å². The Balaban J connectivity index is 1.60. The second kappa shape index (κ2) is 9.76. The van der Waals surface area contributed by atoms with Crippen LogP contribution in [0.25, 0.3) is 10.1 Å². The number of fused-ring (bicyclic) bond motifs is 1. The molecule has 1 fully saturated rings. The third-order valence-electron chi connectivity index (χ3n) is 6.71. The molecule has 34 heavy (non-hydrogen) atoms. The van der Waals surface area contributed by atoms with E-state index >= 15 is 0 Å². The first-order valence-electron chi connectivity index (χ1n) is 11.3. The van der Waals surface area contributed by atoms with Gasteiger partial charge in [0, 0.05) is 40.0 Å². The van der Waals surface area contributed by atoms with Crippen LogP contribution in [0.1, 0.15) is 55.1 Å². The van der Waals surface area contributed by atoms with Crippen LogP contribution in [0.15, 0.2) is 53.9 Å². The number of carbonyl (C=O) groups excluding carboxylic acids is 2. The Morgan fingerprint density at radius 2 is 1.88 bits per heavy atom. The first-order valence-corrected chi connectivity index (χ1v) is 12.5. The number of nitrogens with zero attached hydrogens (tertiary/aromatic N) is 2. The molecule has 1 aliphatic rings. The number of amides is 2. The van der Waals surface area contributed by atoms with E-state index in [1.54, 1.807) is 21.9 Å². The Morgan fingerprint density at radius 1 is 1.18 bits per heavy atom. The van der Waals surface area contributed by atoms with Crippen molar-refractivity contribution in [2.75, 3.05) is 13.1 Å². The van der Waals surface area contributed by atoms with Crippen LogP contribution in [0.5, 0.6) is 0 Å². The first kappa shape index (κ1) is 24.2. The highest BCUT2D eigenvalue weighted by Crippen LogP contribution is 2.38. The lowest BCUT2D eigenvalue weighted by atomic mass is 9.83. The van der Waals surface area contributed by atoms with Gasteiger partial charge in [-0.05, 0) is 50.5 Å². The topological polar surface area (TPSA) is 77.9 Å². The van der Waals surface area contributed by atoms with Crippen molar-refractivity contribution in [1.29, 1.82) is 0 Å². The molecule has 2 atom stereocenters. The van der Waals surface area contributed by atoms with E-state index in [-0.39, 0.29) is 30.8 Å². The lowest BCUT2D eigenvalue weighted by Gasteiger charge is -2.51. The van der Waals surface area contributed by atoms with Gasteiger partial charge in [-0.3, -0.25) is 14.4 Å². The zero-order chi connectivity index (χ0) is 24.5. The number of rotatable bonds is 8. The van der Waals surface area contributed by atoms with Crippen molar-refractivity contribution < 1.29 is 19.5 Å². The van der Waals surface area contributed by atoms with Gasteiger partial charge in [0.25, 0.3) is 5.91 Å². The van der Waals surface area contributed by atoms with Gasteiger partial charge < -0.3 is 14.9 Å². The predicted molar refractivity (Wildman–Crippen MR) is 134 cm³/mol. The largest absolute Gasteiger partial charge is 0.481 e. The van der Waals surface area contributed by atoms with Gasteiger partial charge in [0.15, 0.2) is 0 Å². The Morgan fingerprint density at radius 3 is 2.53 bits per heavy atom. The van der Waals surface area contributed by atoms with Gasteiger partial charge in [-0.15, -0.1) is 11.3 Å². The molecule has 0 saturated carbocycles. The van der Waals surface area contributed by atoms with E-state index in [1.165, 1.54) is 11.3 Å². The quantitative estimate of drug-likeness (QED) is 0.437. The molecule has 2 amide bonds. The van der Waals surface area contributed by atoms with Gasteiger partial charge in [-0.25, -0.2) is 0 Å². The number of carboxylic acid groups (broad SMARTS) is 1. The van der Waals surface area contributed by atoms with Crippen LogP contribution < -0.4 is 0 Å². The average Bonchev–Trinajstić information content (AvgIpc) is 3.24. The molecule has 178 valence electrons. The number of carboxylic acids is 1. The molecule has 4 rings (SSSR count). The minimum absolute atomic E-state index is 0.0304. The predicted octanol–water partition coefficient (Wildman–Crippen LogP) is 5.61. The molecular formula is C26H27ClN2O4S. The van der Waals surface area contributed by atoms with Crippen molar-refractivity contribution in [3.63, 3.8) is 0 Å². The normalized spacial score (nSPS) is 18.4. The summed E-state index contributed by atoms with van der Waals surface area (Å²) in [7, 11) is 0. The van der Waals surface area contributed by atoms with Crippen LogP contribution in [0, 0.1) is 0 Å². The standard InChI is InChI=1S/C26H27ClN2O4S/c1-17(18-9-11-19(27)12-10-18)28(14-5-8-23(30)31)25(33)26(2)13-15-29(26)24(32)21-16-34-22-7-4-3-6-20(21)22/h3-4,6-7,9-12,16-17H,5,8,13-15H2,1-2H3,(H,30,31)/t17?,26-/m1/s1. The van der Waals surface area contributed by atoms with Crippen molar-refractivity contribution in [2.45, 2.75) is 44.7 Å². The molecule has 8 heteroatoms. The summed E-state index contributed by atoms with van der Waals surface area (Å²) in [6.45, 7) is 4.52. The number of benzene rings is 2. The van der Waals surface area contributed by atoms with E-state index < -0.39 is 11.5 Å². The fourth-order valence-corrected chi connectivity index (χ4v) is 5.56. The van der Waals surface area contributed by atoms with Crippen molar-refractivity contribution in [2.24, 2.45) is 0 Å². The van der Waals surface area contributed by atoms with Gasteiger partial charge >= 0.3 is 5.97 Å². The van der Waals surface area contributed by atoms with E-state index in [1.807, 2.05) is 55.6 Å². The van der Waals surface area contributed by atoms with Crippen LogP contribution in [0.2, 0.25) is 5.02 Å². The number of hydrogen-bond donors (Lipinski definition) is 1. The Hall–Kier alpha value is -2.90. The fourth-order valence-electron chi connectivity index (χ4n) is 4.50. The summed E-state index contributed by atoms with van der Waals surface area (Å²) in [5, 5.41) is 12.5. The lowest BCUT2D eigenvalue weighted by molar-refractivity contribution is -0.152. The van der Waals surface area contributed by atoms with Crippen LogP contribution in [-0.4, -0.2) is 51.3 Å². The highest BCUT2D eigenvalue weighted by atomic mass is 35.5. The minimum Gasteiger partial charge on any atom is -0.481 e. The Bertz CT molecular complexity index is 1230. The van der Waals surface area contributed by atoms with E-state index in [9.17, 15) is 14.4 Å². The van der Waals surface area contributed by atoms with Gasteiger partial charge in [0.05, 0.1) is 11.6 Å². The van der Waals surface area contributed by atoms with Crippen LogP contribution >= 0.6 is 22.9 Å². The summed E-state index contributed by atoms with van der Waals surface area (Å²) in [4.78, 5) is 41.9. The smallest absolute Gasteiger partial charge is 0.303 e. The Kier molecular flexibility index (Phi) is 6.96. The summed E-state index contributed by atoms with van der Waals surface area (Å²) in [5.74, 6) is -1.22. The molecule has 0 spiro atoms. The molecule has 3 aromatic rings. The van der Waals surface area contributed by atoms with Gasteiger partial charge in [-0.2, -0.15) is 0 Å². The summed E-state index contributed by atoms with van der Waals surface area (Å²) >= 11 is 7.55. The third kappa shape index (κ3) is 4.55. The van der Waals surface area contributed by atoms with Crippen LogP contribution in [0.3, 0.4) is 0 Å². The molecule has 0 aliphatic carbocycles. The molecular weight excluding hydrogens is 472 g/mol. The van der Waals surface area contributed by atoms with Crippen molar-refractivity contribution >= 4 is 50.8 Å². The average molecular weight is 499 g/mol. The second-order valence-corrected chi connectivity index (χ2v) is 10.2. The zero-order valence-electron chi connectivity index (χ0n) is 19.2. The van der Waals surface area contributed by atoms with E-state index in [2.05, 4.69) is 0 Å². The minimum atomic E-state index is -0.982. The zero-order valence-corrected chi connectivity index (χ0v) is 20.7. The summed E-state index contributed by atoms with van der Waals surface area (Å²) < 4.78 is 1.03. The molecule has 0 bridgehead atoms. The highest BCUT2D eigenvalue weighted by molar-refractivity contribution is 7.17. The lowest BCUT2D eigenvalue weighted by Crippen LogP contribution is -2.68. The number of likely N-dealkylation sites (tertiary alicyclic amines) is 1. The molecule has 2 aromatic carbocycles. The fraction of sp³-hybridized carbons (Fsp3) is 0.346. The first-order chi connectivity index (χ1) is 16.2. The molecule has 2 heterocycles. The number of aliphatic carboxylic acids is 1. The number of halogens is 1. The van der Waals surface area contributed by atoms with Crippen molar-refractivity contribution in [3.05, 3.63) is 70.1 Å². The molecule has 1 aromatic heterocycles. The molecule has 0 radical (unpaired) electrons. The summed E-state index contributed by atoms with van der Waals surface area (Å²) in [5.41, 5.74) is 0.532. The SMILES string of the molecule is CC(c1ccc(Cl)cc1)N(CCCC(=O)O)C(=O)[C@@]1(C)CCN1C(=O)c1csc2ccccc12. The number of carbonyl (C=O) groups is 3. The van der Waals surface area contributed by atoms with Crippen LogP contribution in [0.4, 0.5) is 0 Å². The highest BCUT2D eigenvalue weighted by Gasteiger charge is 2.52. The van der Waals surface area contributed by atoms with E-state index in [0.717, 1.165) is 15.6 Å².